The number of ether oxygens (including phenoxy) is 2. The molecule has 9 nitrogen and oxygen atoms in total. The largest absolute Gasteiger partial charge is 0.756 e. The summed E-state index contributed by atoms with van der Waals surface area (Å²) in [6.07, 6.45) is 36.7. The van der Waals surface area contributed by atoms with Crippen molar-refractivity contribution < 1.29 is 42.1 Å². The molecule has 1 unspecified atom stereocenters. The summed E-state index contributed by atoms with van der Waals surface area (Å²) in [5.41, 5.74) is 0. The molecular weight excluding hydrogens is 689 g/mol. The molecular formula is C43H84NO8P. The third-order valence-electron chi connectivity index (χ3n) is 9.54. The number of unbranched alkanes of at least 4 members (excludes halogenated alkanes) is 24. The van der Waals surface area contributed by atoms with E-state index < -0.39 is 26.5 Å². The summed E-state index contributed by atoms with van der Waals surface area (Å²) in [5.74, 6) is -0.834. The molecule has 0 spiro atoms. The van der Waals surface area contributed by atoms with E-state index in [1.807, 2.05) is 21.1 Å². The molecule has 2 atom stereocenters. The van der Waals surface area contributed by atoms with Crippen molar-refractivity contribution in [2.45, 2.75) is 206 Å². The van der Waals surface area contributed by atoms with Crippen LogP contribution in [0, 0.1) is 0 Å². The zero-order valence-electron chi connectivity index (χ0n) is 35.2. The van der Waals surface area contributed by atoms with E-state index in [-0.39, 0.29) is 32.0 Å². The molecule has 0 saturated carbocycles. The van der Waals surface area contributed by atoms with Crippen molar-refractivity contribution >= 4 is 19.8 Å². The summed E-state index contributed by atoms with van der Waals surface area (Å²) in [4.78, 5) is 37.4. The molecule has 53 heavy (non-hydrogen) atoms. The van der Waals surface area contributed by atoms with Crippen molar-refractivity contribution in [3.63, 3.8) is 0 Å². The average Bonchev–Trinajstić information content (AvgIpc) is 3.10. The van der Waals surface area contributed by atoms with E-state index in [9.17, 15) is 19.0 Å². The Kier molecular flexibility index (Phi) is 35.5. The van der Waals surface area contributed by atoms with Crippen molar-refractivity contribution in [3.05, 3.63) is 12.2 Å². The summed E-state index contributed by atoms with van der Waals surface area (Å²) >= 11 is 0. The number of phosphoric acid groups is 1. The first-order valence-corrected chi connectivity index (χ1v) is 23.4. The monoisotopic (exact) mass is 774 g/mol. The highest BCUT2D eigenvalue weighted by atomic mass is 31.2. The van der Waals surface area contributed by atoms with Gasteiger partial charge in [0.15, 0.2) is 6.10 Å². The van der Waals surface area contributed by atoms with Crippen LogP contribution >= 0.6 is 7.82 Å². The van der Waals surface area contributed by atoms with Gasteiger partial charge in [0.1, 0.15) is 19.8 Å². The molecule has 0 N–H and O–H groups in total. The molecule has 0 bridgehead atoms. The molecule has 0 amide bonds. The Bertz CT molecular complexity index is 922. The molecule has 0 aromatic carbocycles. The smallest absolute Gasteiger partial charge is 0.306 e. The highest BCUT2D eigenvalue weighted by molar-refractivity contribution is 7.45. The summed E-state index contributed by atoms with van der Waals surface area (Å²) in [6, 6.07) is 0. The second-order valence-corrected chi connectivity index (χ2v) is 17.5. The van der Waals surface area contributed by atoms with E-state index in [1.54, 1.807) is 0 Å². The number of esters is 2. The first-order valence-electron chi connectivity index (χ1n) is 21.9. The third-order valence-corrected chi connectivity index (χ3v) is 10.5. The van der Waals surface area contributed by atoms with Gasteiger partial charge >= 0.3 is 11.9 Å². The second-order valence-electron chi connectivity index (χ2n) is 16.1. The van der Waals surface area contributed by atoms with Gasteiger partial charge in [-0.15, -0.1) is 0 Å². The SMILES string of the molecule is CCCCCCCCCC/C=C\CCCCCCCCCC(=O)O[C@H](COC(=O)CCCCCCCCCCCC)COP(=O)([O-])OCC[N+](C)(C)C. The molecule has 0 aliphatic rings. The zero-order chi connectivity index (χ0) is 39.3. The van der Waals surface area contributed by atoms with E-state index in [1.165, 1.54) is 122 Å². The summed E-state index contributed by atoms with van der Waals surface area (Å²) in [6.45, 7) is 4.22. The first-order chi connectivity index (χ1) is 25.5. The highest BCUT2D eigenvalue weighted by Gasteiger charge is 2.21. The van der Waals surface area contributed by atoms with Gasteiger partial charge in [0.2, 0.25) is 0 Å². The van der Waals surface area contributed by atoms with Crippen LogP contribution in [0.2, 0.25) is 0 Å². The van der Waals surface area contributed by atoms with Gasteiger partial charge in [-0.1, -0.05) is 161 Å². The van der Waals surface area contributed by atoms with Gasteiger partial charge in [-0.05, 0) is 38.5 Å². The van der Waals surface area contributed by atoms with Crippen LogP contribution in [0.15, 0.2) is 12.2 Å². The quantitative estimate of drug-likeness (QED) is 0.0199. The van der Waals surface area contributed by atoms with Crippen molar-refractivity contribution in [1.29, 1.82) is 0 Å². The molecule has 10 heteroatoms. The number of nitrogens with zero attached hydrogens (tertiary/aromatic N) is 1. The Morgan fingerprint density at radius 1 is 0.566 bits per heavy atom. The number of hydrogen-bond acceptors (Lipinski definition) is 8. The van der Waals surface area contributed by atoms with Gasteiger partial charge in [-0.25, -0.2) is 0 Å². The maximum atomic E-state index is 12.7. The fourth-order valence-electron chi connectivity index (χ4n) is 6.06. The van der Waals surface area contributed by atoms with Gasteiger partial charge in [0.25, 0.3) is 7.82 Å². The number of likely N-dealkylation sites (N-methyl/N-ethyl adjacent to an activating group) is 1. The Morgan fingerprint density at radius 3 is 1.40 bits per heavy atom. The molecule has 0 radical (unpaired) electrons. The molecule has 0 saturated heterocycles. The standard InChI is InChI=1S/C43H84NO8P/c1-6-8-10-12-14-16-18-19-20-21-22-23-24-25-26-28-30-32-34-36-43(46)52-41(40-51-53(47,48)50-38-37-44(3,4)5)39-49-42(45)35-33-31-29-27-17-15-13-11-9-7-2/h21-22,41H,6-20,23-40H2,1-5H3/b22-21-/t41-/m1/s1. The van der Waals surface area contributed by atoms with Gasteiger partial charge in [-0.2, -0.15) is 0 Å². The van der Waals surface area contributed by atoms with Gasteiger partial charge in [0.05, 0.1) is 27.7 Å². The van der Waals surface area contributed by atoms with Gasteiger partial charge < -0.3 is 27.9 Å². The Morgan fingerprint density at radius 2 is 0.962 bits per heavy atom. The Balaban J connectivity index is 4.29. The van der Waals surface area contributed by atoms with Gasteiger partial charge in [0, 0.05) is 12.8 Å². The van der Waals surface area contributed by atoms with Crippen LogP contribution < -0.4 is 4.89 Å². The zero-order valence-corrected chi connectivity index (χ0v) is 36.1. The van der Waals surface area contributed by atoms with Crippen LogP contribution in [-0.2, 0) is 32.7 Å². The molecule has 0 aromatic rings. The fraction of sp³-hybridized carbons (Fsp3) is 0.907. The van der Waals surface area contributed by atoms with Crippen LogP contribution in [0.25, 0.3) is 0 Å². The number of carbonyl (C=O) groups excluding carboxylic acids is 2. The van der Waals surface area contributed by atoms with Crippen molar-refractivity contribution in [2.75, 3.05) is 47.5 Å². The third kappa shape index (κ3) is 40.2. The summed E-state index contributed by atoms with van der Waals surface area (Å²) in [7, 11) is 1.17. The minimum atomic E-state index is -4.62. The second kappa shape index (κ2) is 36.4. The summed E-state index contributed by atoms with van der Waals surface area (Å²) < 4.78 is 33.8. The number of phosphoric ester groups is 1. The lowest BCUT2D eigenvalue weighted by molar-refractivity contribution is -0.870. The lowest BCUT2D eigenvalue weighted by Gasteiger charge is -2.28. The molecule has 0 aliphatic heterocycles. The minimum absolute atomic E-state index is 0.0287. The number of carbonyl (C=O) groups is 2. The average molecular weight is 774 g/mol. The minimum Gasteiger partial charge on any atom is -0.756 e. The van der Waals surface area contributed by atoms with Crippen LogP contribution in [0.3, 0.4) is 0 Å². The molecule has 0 aliphatic carbocycles. The van der Waals surface area contributed by atoms with E-state index in [2.05, 4.69) is 26.0 Å². The van der Waals surface area contributed by atoms with E-state index in [4.69, 9.17) is 18.5 Å². The van der Waals surface area contributed by atoms with Crippen LogP contribution in [0.4, 0.5) is 0 Å². The number of hydrogen-bond donors (Lipinski definition) is 0. The number of rotatable bonds is 40. The number of allylic oxidation sites excluding steroid dienone is 2. The highest BCUT2D eigenvalue weighted by Crippen LogP contribution is 2.38. The molecule has 0 rings (SSSR count). The van der Waals surface area contributed by atoms with E-state index >= 15 is 0 Å². The Hall–Kier alpha value is -1.25. The van der Waals surface area contributed by atoms with Crippen molar-refractivity contribution in [3.8, 4) is 0 Å². The fourth-order valence-corrected chi connectivity index (χ4v) is 6.79. The molecule has 314 valence electrons. The Labute approximate surface area is 326 Å². The lowest BCUT2D eigenvalue weighted by Crippen LogP contribution is -2.37. The summed E-state index contributed by atoms with van der Waals surface area (Å²) in [5, 5.41) is 0. The van der Waals surface area contributed by atoms with Crippen molar-refractivity contribution in [1.82, 2.24) is 0 Å². The van der Waals surface area contributed by atoms with Crippen LogP contribution in [0.5, 0.6) is 0 Å². The topological polar surface area (TPSA) is 111 Å². The van der Waals surface area contributed by atoms with Crippen LogP contribution in [0.1, 0.15) is 200 Å². The predicted molar refractivity (Wildman–Crippen MR) is 218 cm³/mol. The van der Waals surface area contributed by atoms with E-state index in [0.29, 0.717) is 17.4 Å². The predicted octanol–water partition coefficient (Wildman–Crippen LogP) is 11.6. The normalized spacial score (nSPS) is 13.7. The first kappa shape index (κ1) is 51.8. The maximum absolute atomic E-state index is 12.7. The van der Waals surface area contributed by atoms with Crippen LogP contribution in [-0.4, -0.2) is 70.0 Å². The molecule has 0 aromatic heterocycles. The van der Waals surface area contributed by atoms with Crippen molar-refractivity contribution in [2.24, 2.45) is 0 Å². The molecule has 0 heterocycles. The van der Waals surface area contributed by atoms with Gasteiger partial charge in [-0.3, -0.25) is 14.2 Å². The maximum Gasteiger partial charge on any atom is 0.306 e. The lowest BCUT2D eigenvalue weighted by atomic mass is 10.1. The van der Waals surface area contributed by atoms with E-state index in [0.717, 1.165) is 44.9 Å². The number of quaternary nitrogens is 1. The molecule has 0 fully saturated rings.